The zero-order valence-corrected chi connectivity index (χ0v) is 11.7. The van der Waals surface area contributed by atoms with Gasteiger partial charge in [-0.15, -0.1) is 0 Å². The fraction of sp³-hybridized carbons (Fsp3) is 1.00. The van der Waals surface area contributed by atoms with Crippen LogP contribution in [0.1, 0.15) is 53.4 Å². The van der Waals surface area contributed by atoms with Gasteiger partial charge in [-0.25, -0.2) is 0 Å². The van der Waals surface area contributed by atoms with Gasteiger partial charge in [0.1, 0.15) is 0 Å². The first kappa shape index (κ1) is 14.0. The molecule has 1 unspecified atom stereocenters. The molecule has 0 spiro atoms. The summed E-state index contributed by atoms with van der Waals surface area (Å²) in [5, 5.41) is 3.56. The summed E-state index contributed by atoms with van der Waals surface area (Å²) < 4.78 is 0. The van der Waals surface area contributed by atoms with Crippen LogP contribution in [0.25, 0.3) is 0 Å². The van der Waals surface area contributed by atoms with E-state index in [0.717, 1.165) is 6.04 Å². The molecule has 1 atom stereocenters. The summed E-state index contributed by atoms with van der Waals surface area (Å²) in [5.41, 5.74) is 0.476. The molecule has 0 radical (unpaired) electrons. The summed E-state index contributed by atoms with van der Waals surface area (Å²) in [4.78, 5) is 2.69. The molecular formula is C14H30N2. The molecule has 1 fully saturated rings. The number of hydrogen-bond donors (Lipinski definition) is 1. The third-order valence-corrected chi connectivity index (χ3v) is 3.45. The van der Waals surface area contributed by atoms with Crippen molar-refractivity contribution in [2.24, 2.45) is 5.41 Å². The van der Waals surface area contributed by atoms with Crippen molar-refractivity contribution in [1.29, 1.82) is 0 Å². The second-order valence-electron chi connectivity index (χ2n) is 6.35. The molecule has 2 nitrogen and oxygen atoms in total. The predicted octanol–water partition coefficient (Wildman–Crippen LogP) is 2.89. The summed E-state index contributed by atoms with van der Waals surface area (Å²) in [6, 6.07) is 0.800. The van der Waals surface area contributed by atoms with Crippen LogP contribution in [0.4, 0.5) is 0 Å². The van der Waals surface area contributed by atoms with Crippen LogP contribution < -0.4 is 5.32 Å². The molecule has 1 N–H and O–H groups in total. The van der Waals surface area contributed by atoms with Crippen molar-refractivity contribution in [1.82, 2.24) is 10.2 Å². The van der Waals surface area contributed by atoms with Crippen molar-refractivity contribution < 1.29 is 0 Å². The predicted molar refractivity (Wildman–Crippen MR) is 71.8 cm³/mol. The minimum Gasteiger partial charge on any atom is -0.315 e. The maximum atomic E-state index is 3.56. The van der Waals surface area contributed by atoms with Crippen LogP contribution in [0.3, 0.4) is 0 Å². The molecule has 16 heavy (non-hydrogen) atoms. The molecule has 1 saturated heterocycles. The van der Waals surface area contributed by atoms with Gasteiger partial charge in [0.2, 0.25) is 0 Å². The zero-order valence-electron chi connectivity index (χ0n) is 11.7. The molecule has 2 heteroatoms. The first-order chi connectivity index (χ1) is 7.53. The van der Waals surface area contributed by atoms with Crippen LogP contribution in [0, 0.1) is 5.41 Å². The van der Waals surface area contributed by atoms with Gasteiger partial charge in [-0.05, 0) is 50.7 Å². The molecule has 0 aromatic rings. The summed E-state index contributed by atoms with van der Waals surface area (Å²) >= 11 is 0. The van der Waals surface area contributed by atoms with E-state index in [0.29, 0.717) is 5.41 Å². The third-order valence-electron chi connectivity index (χ3n) is 3.45. The molecule has 1 aliphatic heterocycles. The lowest BCUT2D eigenvalue weighted by molar-refractivity contribution is 0.210. The second-order valence-corrected chi connectivity index (χ2v) is 6.35. The monoisotopic (exact) mass is 226 g/mol. The molecule has 0 saturated carbocycles. The first-order valence-electron chi connectivity index (χ1n) is 6.97. The lowest BCUT2D eigenvalue weighted by Gasteiger charge is -2.28. The van der Waals surface area contributed by atoms with Gasteiger partial charge in [-0.2, -0.15) is 0 Å². The van der Waals surface area contributed by atoms with Gasteiger partial charge < -0.3 is 5.32 Å². The number of nitrogens with zero attached hydrogens (tertiary/aromatic N) is 1. The molecule has 0 amide bonds. The minimum atomic E-state index is 0.476. The Morgan fingerprint density at radius 2 is 2.06 bits per heavy atom. The molecule has 0 aliphatic carbocycles. The average Bonchev–Trinajstić information content (AvgIpc) is 2.62. The molecule has 0 aromatic carbocycles. The Morgan fingerprint density at radius 3 is 2.69 bits per heavy atom. The van der Waals surface area contributed by atoms with Gasteiger partial charge >= 0.3 is 0 Å². The highest BCUT2D eigenvalue weighted by molar-refractivity contribution is 4.81. The summed E-state index contributed by atoms with van der Waals surface area (Å²) in [5.74, 6) is 0. The quantitative estimate of drug-likeness (QED) is 0.701. The van der Waals surface area contributed by atoms with Crippen molar-refractivity contribution >= 4 is 0 Å². The number of hydrogen-bond acceptors (Lipinski definition) is 2. The Hall–Kier alpha value is -0.0800. The third kappa shape index (κ3) is 5.31. The number of likely N-dealkylation sites (tertiary alicyclic amines) is 1. The van der Waals surface area contributed by atoms with E-state index in [1.54, 1.807) is 0 Å². The Bertz CT molecular complexity index is 184. The van der Waals surface area contributed by atoms with Gasteiger partial charge in [0, 0.05) is 12.6 Å². The second kappa shape index (κ2) is 6.61. The number of nitrogens with one attached hydrogen (secondary N) is 1. The Kier molecular flexibility index (Phi) is 5.77. The van der Waals surface area contributed by atoms with E-state index in [1.807, 2.05) is 0 Å². The first-order valence-corrected chi connectivity index (χ1v) is 6.97. The van der Waals surface area contributed by atoms with Crippen molar-refractivity contribution in [3.05, 3.63) is 0 Å². The van der Waals surface area contributed by atoms with Gasteiger partial charge in [0.25, 0.3) is 0 Å². The van der Waals surface area contributed by atoms with E-state index >= 15 is 0 Å². The maximum absolute atomic E-state index is 3.56. The van der Waals surface area contributed by atoms with Gasteiger partial charge in [-0.1, -0.05) is 27.7 Å². The molecule has 0 bridgehead atoms. The van der Waals surface area contributed by atoms with Crippen LogP contribution in [-0.2, 0) is 0 Å². The Balaban J connectivity index is 2.23. The van der Waals surface area contributed by atoms with E-state index in [1.165, 1.54) is 51.9 Å². The Morgan fingerprint density at radius 1 is 1.31 bits per heavy atom. The van der Waals surface area contributed by atoms with E-state index < -0.39 is 0 Å². The maximum Gasteiger partial charge on any atom is 0.0221 e. The van der Waals surface area contributed by atoms with Gasteiger partial charge in [0.05, 0.1) is 0 Å². The smallest absolute Gasteiger partial charge is 0.0221 e. The SMILES string of the molecule is CCCNCC1CCCN1CCC(C)(C)C. The lowest BCUT2D eigenvalue weighted by atomic mass is 9.92. The summed E-state index contributed by atoms with van der Waals surface area (Å²) in [6.45, 7) is 14.2. The van der Waals surface area contributed by atoms with Crippen LogP contribution in [0.5, 0.6) is 0 Å². The van der Waals surface area contributed by atoms with Crippen LogP contribution in [0.2, 0.25) is 0 Å². The lowest BCUT2D eigenvalue weighted by Crippen LogP contribution is -2.39. The molecule has 1 heterocycles. The summed E-state index contributed by atoms with van der Waals surface area (Å²) in [6.07, 6.45) is 5.34. The number of rotatable bonds is 6. The van der Waals surface area contributed by atoms with E-state index in [2.05, 4.69) is 37.9 Å². The average molecular weight is 226 g/mol. The molecule has 1 rings (SSSR count). The molecule has 96 valence electrons. The summed E-state index contributed by atoms with van der Waals surface area (Å²) in [7, 11) is 0. The zero-order chi connectivity index (χ0) is 12.0. The van der Waals surface area contributed by atoms with E-state index in [9.17, 15) is 0 Å². The highest BCUT2D eigenvalue weighted by Gasteiger charge is 2.24. The minimum absolute atomic E-state index is 0.476. The fourth-order valence-electron chi connectivity index (χ4n) is 2.35. The van der Waals surface area contributed by atoms with Crippen molar-refractivity contribution in [3.8, 4) is 0 Å². The van der Waals surface area contributed by atoms with E-state index in [-0.39, 0.29) is 0 Å². The van der Waals surface area contributed by atoms with E-state index in [4.69, 9.17) is 0 Å². The molecular weight excluding hydrogens is 196 g/mol. The van der Waals surface area contributed by atoms with Crippen molar-refractivity contribution in [3.63, 3.8) is 0 Å². The highest BCUT2D eigenvalue weighted by Crippen LogP contribution is 2.23. The van der Waals surface area contributed by atoms with Gasteiger partial charge in [-0.3, -0.25) is 4.90 Å². The molecule has 1 aliphatic rings. The van der Waals surface area contributed by atoms with Crippen molar-refractivity contribution in [2.75, 3.05) is 26.2 Å². The normalized spacial score (nSPS) is 22.9. The molecule has 0 aromatic heterocycles. The van der Waals surface area contributed by atoms with Gasteiger partial charge in [0.15, 0.2) is 0 Å². The van der Waals surface area contributed by atoms with Crippen LogP contribution in [0.15, 0.2) is 0 Å². The standard InChI is InChI=1S/C14H30N2/c1-5-9-15-12-13-7-6-10-16(13)11-8-14(2,3)4/h13,15H,5-12H2,1-4H3. The van der Waals surface area contributed by atoms with Crippen LogP contribution in [-0.4, -0.2) is 37.1 Å². The largest absolute Gasteiger partial charge is 0.315 e. The topological polar surface area (TPSA) is 15.3 Å². The highest BCUT2D eigenvalue weighted by atomic mass is 15.2. The van der Waals surface area contributed by atoms with Crippen molar-refractivity contribution in [2.45, 2.75) is 59.4 Å². The van der Waals surface area contributed by atoms with Crippen LogP contribution >= 0.6 is 0 Å². The fourth-order valence-corrected chi connectivity index (χ4v) is 2.35. The Labute approximate surface area is 102 Å².